The molecule has 2 aliphatic heterocycles. The van der Waals surface area contributed by atoms with E-state index in [0.717, 1.165) is 25.9 Å². The predicted molar refractivity (Wildman–Crippen MR) is 116 cm³/mol. The van der Waals surface area contributed by atoms with E-state index in [1.165, 1.54) is 4.31 Å². The van der Waals surface area contributed by atoms with E-state index in [0.29, 0.717) is 43.3 Å². The molecule has 0 aromatic heterocycles. The number of hydrogen-bond acceptors (Lipinski definition) is 5. The second kappa shape index (κ2) is 10.2. The van der Waals surface area contributed by atoms with Crippen molar-refractivity contribution in [2.75, 3.05) is 58.1 Å². The lowest BCUT2D eigenvalue weighted by Crippen LogP contribution is -2.49. The molecule has 0 spiro atoms. The normalized spacial score (nSPS) is 21.4. The highest BCUT2D eigenvalue weighted by molar-refractivity contribution is 7.89. The Hall–Kier alpha value is -1.19. The van der Waals surface area contributed by atoms with Crippen molar-refractivity contribution in [3.63, 3.8) is 0 Å². The summed E-state index contributed by atoms with van der Waals surface area (Å²) in [6.07, 6.45) is 2.13. The second-order valence-electron chi connectivity index (χ2n) is 7.65. The summed E-state index contributed by atoms with van der Waals surface area (Å²) in [6.45, 7) is 7.10. The minimum atomic E-state index is -3.40. The van der Waals surface area contributed by atoms with E-state index in [9.17, 15) is 13.2 Å². The number of rotatable bonds is 8. The molecule has 0 aliphatic carbocycles. The van der Waals surface area contributed by atoms with Crippen molar-refractivity contribution in [1.82, 2.24) is 19.4 Å². The molecule has 29 heavy (non-hydrogen) atoms. The maximum atomic E-state index is 13.2. The molecule has 9 heteroatoms. The molecule has 162 valence electrons. The number of likely N-dealkylation sites (N-methyl/N-ethyl adjacent to an activating group) is 1. The van der Waals surface area contributed by atoms with Crippen LogP contribution in [-0.4, -0.2) is 92.6 Å². The van der Waals surface area contributed by atoms with Gasteiger partial charge in [-0.05, 0) is 44.1 Å². The fourth-order valence-corrected chi connectivity index (χ4v) is 5.77. The minimum Gasteiger partial charge on any atom is -0.336 e. The van der Waals surface area contributed by atoms with Crippen molar-refractivity contribution in [1.29, 1.82) is 0 Å². The van der Waals surface area contributed by atoms with Gasteiger partial charge >= 0.3 is 0 Å². The van der Waals surface area contributed by atoms with Crippen LogP contribution in [0, 0.1) is 0 Å². The summed E-state index contributed by atoms with van der Waals surface area (Å²) in [6, 6.07) is 7.13. The Kier molecular flexibility index (Phi) is 7.92. The van der Waals surface area contributed by atoms with Gasteiger partial charge in [0.15, 0.2) is 0 Å². The summed E-state index contributed by atoms with van der Waals surface area (Å²) >= 11 is 6.07. The highest BCUT2D eigenvalue weighted by atomic mass is 35.5. The van der Waals surface area contributed by atoms with Gasteiger partial charge in [-0.1, -0.05) is 24.6 Å². The van der Waals surface area contributed by atoms with Crippen molar-refractivity contribution < 1.29 is 13.2 Å². The van der Waals surface area contributed by atoms with Gasteiger partial charge in [0, 0.05) is 55.9 Å². The molecule has 2 fully saturated rings. The van der Waals surface area contributed by atoms with Gasteiger partial charge in [-0.3, -0.25) is 9.69 Å². The summed E-state index contributed by atoms with van der Waals surface area (Å²) in [7, 11) is -3.40. The van der Waals surface area contributed by atoms with Gasteiger partial charge in [0.25, 0.3) is 5.91 Å². The van der Waals surface area contributed by atoms with Crippen molar-refractivity contribution in [2.24, 2.45) is 0 Å². The van der Waals surface area contributed by atoms with Crippen molar-refractivity contribution in [2.45, 2.75) is 25.8 Å². The van der Waals surface area contributed by atoms with Gasteiger partial charge in [0.1, 0.15) is 0 Å². The molecule has 0 bridgehead atoms. The molecule has 1 amide bonds. The molecule has 1 aromatic carbocycles. The number of carbonyl (C=O) groups is 1. The lowest BCUT2D eigenvalue weighted by molar-refractivity contribution is 0.0718. The third-order valence-corrected chi connectivity index (χ3v) is 7.87. The van der Waals surface area contributed by atoms with E-state index < -0.39 is 10.0 Å². The minimum absolute atomic E-state index is 0.0574. The molecule has 1 unspecified atom stereocenters. The Balaban J connectivity index is 1.73. The number of nitrogens with zero attached hydrogens (tertiary/aromatic N) is 3. The zero-order chi connectivity index (χ0) is 20.9. The Bertz CT molecular complexity index is 799. The quantitative estimate of drug-likeness (QED) is 0.660. The van der Waals surface area contributed by atoms with Crippen molar-refractivity contribution >= 4 is 27.5 Å². The van der Waals surface area contributed by atoms with Gasteiger partial charge in [-0.25, -0.2) is 8.42 Å². The molecule has 2 heterocycles. The third kappa shape index (κ3) is 5.92. The molecule has 0 radical (unpaired) electrons. The first-order valence-electron chi connectivity index (χ1n) is 10.4. The number of nitrogens with one attached hydrogen (secondary N) is 1. The largest absolute Gasteiger partial charge is 0.336 e. The van der Waals surface area contributed by atoms with Crippen LogP contribution in [0.3, 0.4) is 0 Å². The zero-order valence-electron chi connectivity index (χ0n) is 17.0. The fourth-order valence-electron chi connectivity index (χ4n) is 4.13. The van der Waals surface area contributed by atoms with Gasteiger partial charge in [0.2, 0.25) is 10.0 Å². The Labute approximate surface area is 179 Å². The number of sulfonamides is 1. The zero-order valence-corrected chi connectivity index (χ0v) is 18.6. The Morgan fingerprint density at radius 1 is 1.28 bits per heavy atom. The molecular formula is C20H31ClN4O3S. The predicted octanol–water partition coefficient (Wildman–Crippen LogP) is 1.50. The molecule has 3 rings (SSSR count). The van der Waals surface area contributed by atoms with Crippen LogP contribution >= 0.6 is 11.6 Å². The monoisotopic (exact) mass is 442 g/mol. The summed E-state index contributed by atoms with van der Waals surface area (Å²) in [5, 5.41) is 3.67. The number of halogens is 1. The average Bonchev–Trinajstić information content (AvgIpc) is 3.18. The first-order chi connectivity index (χ1) is 13.9. The number of hydrogen-bond donors (Lipinski definition) is 1. The lowest BCUT2D eigenvalue weighted by atomic mass is 10.1. The van der Waals surface area contributed by atoms with Gasteiger partial charge in [-0.2, -0.15) is 4.31 Å². The number of amides is 1. The first-order valence-corrected chi connectivity index (χ1v) is 12.4. The molecule has 1 aromatic rings. The maximum Gasteiger partial charge on any atom is 0.253 e. The van der Waals surface area contributed by atoms with Crippen molar-refractivity contribution in [3.05, 3.63) is 34.9 Å². The smallest absolute Gasteiger partial charge is 0.253 e. The number of likely N-dealkylation sites (tertiary alicyclic amines) is 1. The molecule has 7 nitrogen and oxygen atoms in total. The summed E-state index contributed by atoms with van der Waals surface area (Å²) in [5.41, 5.74) is 0.498. The van der Waals surface area contributed by atoms with Crippen LogP contribution in [0.5, 0.6) is 0 Å². The van der Waals surface area contributed by atoms with E-state index >= 15 is 0 Å². The molecule has 2 saturated heterocycles. The summed E-state index contributed by atoms with van der Waals surface area (Å²) in [4.78, 5) is 17.3. The first kappa shape index (κ1) is 22.5. The third-order valence-electron chi connectivity index (χ3n) is 5.78. The van der Waals surface area contributed by atoms with E-state index in [-0.39, 0.29) is 24.2 Å². The summed E-state index contributed by atoms with van der Waals surface area (Å²) in [5.74, 6) is -0.219. The topological polar surface area (TPSA) is 73.0 Å². The van der Waals surface area contributed by atoms with Crippen LogP contribution < -0.4 is 5.32 Å². The molecule has 0 saturated carbocycles. The van der Waals surface area contributed by atoms with Crippen LogP contribution in [0.4, 0.5) is 0 Å². The highest BCUT2D eigenvalue weighted by Gasteiger charge is 2.30. The Morgan fingerprint density at radius 3 is 2.72 bits per heavy atom. The van der Waals surface area contributed by atoms with Gasteiger partial charge in [0.05, 0.1) is 5.75 Å². The van der Waals surface area contributed by atoms with Gasteiger partial charge in [-0.15, -0.1) is 0 Å². The highest BCUT2D eigenvalue weighted by Crippen LogP contribution is 2.20. The number of piperazine rings is 1. The molecule has 1 N–H and O–H groups in total. The van der Waals surface area contributed by atoms with Crippen LogP contribution in [0.15, 0.2) is 24.3 Å². The standard InChI is InChI=1S/C20H31ClN4O3S/c1-2-23-10-4-7-19(23)16-24(20(26)17-5-3-6-18(21)15-17)13-14-29(27,28)25-11-8-22-9-12-25/h3,5-6,15,19,22H,2,4,7-14,16H2,1H3. The van der Waals surface area contributed by atoms with Crippen molar-refractivity contribution in [3.8, 4) is 0 Å². The maximum absolute atomic E-state index is 13.2. The van der Waals surface area contributed by atoms with Crippen LogP contribution in [0.1, 0.15) is 30.1 Å². The molecule has 2 aliphatic rings. The average molecular weight is 443 g/mol. The van der Waals surface area contributed by atoms with Crippen LogP contribution in [-0.2, 0) is 10.0 Å². The number of carbonyl (C=O) groups excluding carboxylic acids is 1. The van der Waals surface area contributed by atoms with E-state index in [1.807, 2.05) is 0 Å². The second-order valence-corrected chi connectivity index (χ2v) is 10.2. The Morgan fingerprint density at radius 2 is 2.03 bits per heavy atom. The molecule has 1 atom stereocenters. The van der Waals surface area contributed by atoms with E-state index in [2.05, 4.69) is 17.1 Å². The summed E-state index contributed by atoms with van der Waals surface area (Å²) < 4.78 is 27.1. The van der Waals surface area contributed by atoms with E-state index in [1.54, 1.807) is 29.2 Å². The molecular weight excluding hydrogens is 412 g/mol. The SMILES string of the molecule is CCN1CCCC1CN(CCS(=O)(=O)N1CCNCC1)C(=O)c1cccc(Cl)c1. The van der Waals surface area contributed by atoms with E-state index in [4.69, 9.17) is 11.6 Å². The fraction of sp³-hybridized carbons (Fsp3) is 0.650. The van der Waals surface area contributed by atoms with Gasteiger partial charge < -0.3 is 10.2 Å². The van der Waals surface area contributed by atoms with Crippen LogP contribution in [0.2, 0.25) is 5.02 Å². The number of benzene rings is 1. The lowest BCUT2D eigenvalue weighted by Gasteiger charge is -2.32. The van der Waals surface area contributed by atoms with Crippen LogP contribution in [0.25, 0.3) is 0 Å².